The van der Waals surface area contributed by atoms with E-state index in [4.69, 9.17) is 9.94 Å². The van der Waals surface area contributed by atoms with Gasteiger partial charge in [0.2, 0.25) is 5.91 Å². The maximum absolute atomic E-state index is 12.9. The second-order valence-electron chi connectivity index (χ2n) is 8.25. The van der Waals surface area contributed by atoms with Crippen LogP contribution in [0, 0.1) is 11.8 Å². The Morgan fingerprint density at radius 1 is 1.10 bits per heavy atom. The monoisotopic (exact) mass is 420 g/mol. The molecular weight excluding hydrogens is 388 g/mol. The molecule has 0 spiro atoms. The van der Waals surface area contributed by atoms with Crippen LogP contribution in [-0.4, -0.2) is 46.3 Å². The molecular formula is C22H32N2O6. The van der Waals surface area contributed by atoms with Crippen molar-refractivity contribution in [2.45, 2.75) is 70.6 Å². The minimum absolute atomic E-state index is 0.0000865. The number of rotatable bonds is 10. The van der Waals surface area contributed by atoms with E-state index in [2.05, 4.69) is 5.32 Å². The fourth-order valence-electron chi connectivity index (χ4n) is 3.71. The van der Waals surface area contributed by atoms with E-state index in [0.717, 1.165) is 31.2 Å². The van der Waals surface area contributed by atoms with Crippen molar-refractivity contribution in [1.82, 2.24) is 10.8 Å². The molecule has 0 aliphatic heterocycles. The number of amides is 2. The fourth-order valence-corrected chi connectivity index (χ4v) is 3.71. The predicted octanol–water partition coefficient (Wildman–Crippen LogP) is 1.73. The number of aliphatic hydroxyl groups excluding tert-OH is 1. The molecule has 2 amide bonds. The van der Waals surface area contributed by atoms with Crippen molar-refractivity contribution >= 4 is 17.8 Å². The highest BCUT2D eigenvalue weighted by Gasteiger charge is 2.35. The summed E-state index contributed by atoms with van der Waals surface area (Å²) in [6.07, 6.45) is 2.18. The van der Waals surface area contributed by atoms with Gasteiger partial charge >= 0.3 is 5.97 Å². The summed E-state index contributed by atoms with van der Waals surface area (Å²) in [5, 5.41) is 21.7. The first kappa shape index (κ1) is 23.8. The number of ether oxygens (including phenoxy) is 1. The number of aliphatic hydroxyl groups is 1. The number of hydroxylamine groups is 1. The number of esters is 1. The molecule has 0 heterocycles. The summed E-state index contributed by atoms with van der Waals surface area (Å²) in [6, 6.07) is 8.29. The maximum atomic E-state index is 12.9. The highest BCUT2D eigenvalue weighted by Crippen LogP contribution is 2.22. The summed E-state index contributed by atoms with van der Waals surface area (Å²) in [5.41, 5.74) is 2.22. The lowest BCUT2D eigenvalue weighted by Gasteiger charge is -2.26. The molecule has 1 fully saturated rings. The van der Waals surface area contributed by atoms with Crippen molar-refractivity contribution in [3.63, 3.8) is 0 Å². The molecule has 1 aromatic rings. The minimum Gasteiger partial charge on any atom is -0.461 e. The molecule has 30 heavy (non-hydrogen) atoms. The molecule has 0 bridgehead atoms. The Labute approximate surface area is 177 Å². The quantitative estimate of drug-likeness (QED) is 0.260. The van der Waals surface area contributed by atoms with E-state index in [-0.39, 0.29) is 24.9 Å². The Hall–Kier alpha value is -2.45. The van der Waals surface area contributed by atoms with Gasteiger partial charge in [0.05, 0.1) is 5.92 Å². The molecule has 0 radical (unpaired) electrons. The highest BCUT2D eigenvalue weighted by molar-refractivity contribution is 5.91. The van der Waals surface area contributed by atoms with Crippen LogP contribution < -0.4 is 10.8 Å². The van der Waals surface area contributed by atoms with E-state index in [1.54, 1.807) is 0 Å². The zero-order valence-corrected chi connectivity index (χ0v) is 17.5. The van der Waals surface area contributed by atoms with Crippen LogP contribution in [0.3, 0.4) is 0 Å². The Kier molecular flexibility index (Phi) is 9.26. The van der Waals surface area contributed by atoms with Crippen LogP contribution >= 0.6 is 0 Å². The van der Waals surface area contributed by atoms with Crippen molar-refractivity contribution in [3.05, 3.63) is 35.9 Å². The summed E-state index contributed by atoms with van der Waals surface area (Å²) in [4.78, 5) is 37.5. The SMILES string of the molecule is CC(C)C[C@@H](C(=O)N[C@@H](Cc1ccccc1)C(=O)OC1CCCC1)[C@H](O)C(=O)NO. The van der Waals surface area contributed by atoms with Crippen LogP contribution in [0.25, 0.3) is 0 Å². The normalized spacial score (nSPS) is 17.2. The van der Waals surface area contributed by atoms with E-state index >= 15 is 0 Å². The molecule has 1 aromatic carbocycles. The van der Waals surface area contributed by atoms with Crippen molar-refractivity contribution in [1.29, 1.82) is 0 Å². The first-order valence-electron chi connectivity index (χ1n) is 10.5. The highest BCUT2D eigenvalue weighted by atomic mass is 16.5. The van der Waals surface area contributed by atoms with Gasteiger partial charge in [-0.3, -0.25) is 14.8 Å². The summed E-state index contributed by atoms with van der Waals surface area (Å²) in [7, 11) is 0. The maximum Gasteiger partial charge on any atom is 0.329 e. The smallest absolute Gasteiger partial charge is 0.329 e. The van der Waals surface area contributed by atoms with E-state index in [1.165, 1.54) is 5.48 Å². The summed E-state index contributed by atoms with van der Waals surface area (Å²) >= 11 is 0. The Morgan fingerprint density at radius 2 is 1.73 bits per heavy atom. The van der Waals surface area contributed by atoms with Crippen LogP contribution in [0.2, 0.25) is 0 Å². The van der Waals surface area contributed by atoms with Crippen LogP contribution in [0.4, 0.5) is 0 Å². The van der Waals surface area contributed by atoms with Gasteiger partial charge in [-0.2, -0.15) is 0 Å². The zero-order valence-electron chi connectivity index (χ0n) is 17.5. The lowest BCUT2D eigenvalue weighted by molar-refractivity contribution is -0.154. The zero-order chi connectivity index (χ0) is 22.1. The number of nitrogens with one attached hydrogen (secondary N) is 2. The number of carbonyl (C=O) groups is 3. The van der Waals surface area contributed by atoms with Crippen LogP contribution in [0.15, 0.2) is 30.3 Å². The topological polar surface area (TPSA) is 125 Å². The lowest BCUT2D eigenvalue weighted by Crippen LogP contribution is -2.51. The Morgan fingerprint density at radius 3 is 2.30 bits per heavy atom. The third kappa shape index (κ3) is 7.11. The number of hydrogen-bond donors (Lipinski definition) is 4. The van der Waals surface area contributed by atoms with Crippen LogP contribution in [0.5, 0.6) is 0 Å². The summed E-state index contributed by atoms with van der Waals surface area (Å²) < 4.78 is 5.60. The average Bonchev–Trinajstić information content (AvgIpc) is 3.23. The second-order valence-corrected chi connectivity index (χ2v) is 8.25. The molecule has 0 aromatic heterocycles. The second kappa shape index (κ2) is 11.7. The van der Waals surface area contributed by atoms with Gasteiger partial charge in [-0.15, -0.1) is 0 Å². The number of hydrogen-bond acceptors (Lipinski definition) is 6. The van der Waals surface area contributed by atoms with Gasteiger partial charge in [-0.1, -0.05) is 44.2 Å². The number of carbonyl (C=O) groups excluding carboxylic acids is 3. The van der Waals surface area contributed by atoms with Gasteiger partial charge in [0.25, 0.3) is 5.91 Å². The number of benzene rings is 1. The van der Waals surface area contributed by atoms with Crippen LogP contribution in [0.1, 0.15) is 51.5 Å². The first-order chi connectivity index (χ1) is 14.3. The molecule has 4 N–H and O–H groups in total. The van der Waals surface area contributed by atoms with Crippen LogP contribution in [-0.2, 0) is 25.5 Å². The third-order valence-electron chi connectivity index (χ3n) is 5.29. The lowest BCUT2D eigenvalue weighted by atomic mass is 9.90. The van der Waals surface area contributed by atoms with Crippen molar-refractivity contribution in [2.24, 2.45) is 11.8 Å². The standard InChI is InChI=1S/C22H32N2O6/c1-14(2)12-17(19(25)21(27)24-29)20(26)23-18(13-15-8-4-3-5-9-15)22(28)30-16-10-6-7-11-16/h3-5,8-9,14,16-19,25,29H,6-7,10-13H2,1-2H3,(H,23,26)(H,24,27)/t17-,18+,19+/m1/s1. The third-order valence-corrected chi connectivity index (χ3v) is 5.29. The van der Waals surface area contributed by atoms with E-state index < -0.39 is 35.8 Å². The minimum atomic E-state index is -1.74. The molecule has 0 unspecified atom stereocenters. The van der Waals surface area contributed by atoms with E-state index in [1.807, 2.05) is 44.2 Å². The fraction of sp³-hybridized carbons (Fsp3) is 0.591. The molecule has 166 valence electrons. The van der Waals surface area contributed by atoms with Gasteiger partial charge in [0.1, 0.15) is 18.2 Å². The molecule has 1 aliphatic rings. The van der Waals surface area contributed by atoms with Crippen molar-refractivity contribution < 1.29 is 29.4 Å². The van der Waals surface area contributed by atoms with E-state index in [9.17, 15) is 19.5 Å². The Balaban J connectivity index is 2.16. The average molecular weight is 421 g/mol. The van der Waals surface area contributed by atoms with Gasteiger partial charge in [-0.05, 0) is 43.6 Å². The molecule has 1 aliphatic carbocycles. The molecule has 8 nitrogen and oxygen atoms in total. The Bertz CT molecular complexity index is 703. The molecule has 0 saturated heterocycles. The molecule has 3 atom stereocenters. The van der Waals surface area contributed by atoms with E-state index in [0.29, 0.717) is 0 Å². The summed E-state index contributed by atoms with van der Waals surface area (Å²) in [5.74, 6) is -3.34. The molecule has 1 saturated carbocycles. The van der Waals surface area contributed by atoms with Crippen molar-refractivity contribution in [3.8, 4) is 0 Å². The largest absolute Gasteiger partial charge is 0.461 e. The van der Waals surface area contributed by atoms with Gasteiger partial charge in [0, 0.05) is 6.42 Å². The van der Waals surface area contributed by atoms with Gasteiger partial charge < -0.3 is 15.2 Å². The molecule has 8 heteroatoms. The predicted molar refractivity (Wildman–Crippen MR) is 109 cm³/mol. The molecule has 2 rings (SSSR count). The van der Waals surface area contributed by atoms with Gasteiger partial charge in [0.15, 0.2) is 0 Å². The van der Waals surface area contributed by atoms with Crippen molar-refractivity contribution in [2.75, 3.05) is 0 Å². The first-order valence-corrected chi connectivity index (χ1v) is 10.5. The van der Waals surface area contributed by atoms with Gasteiger partial charge in [-0.25, -0.2) is 10.3 Å². The summed E-state index contributed by atoms with van der Waals surface area (Å²) in [6.45, 7) is 3.69.